The Morgan fingerprint density at radius 1 is 1.50 bits per heavy atom. The molecule has 0 fully saturated rings. The number of aromatic nitrogens is 1. The summed E-state index contributed by atoms with van der Waals surface area (Å²) in [5.41, 5.74) is 7.41. The Kier molecular flexibility index (Phi) is 3.09. The first kappa shape index (κ1) is 10.9. The minimum atomic E-state index is -0.385. The van der Waals surface area contributed by atoms with Gasteiger partial charge < -0.3 is 15.6 Å². The van der Waals surface area contributed by atoms with Gasteiger partial charge in [-0.15, -0.1) is 0 Å². The third kappa shape index (κ3) is 2.33. The van der Waals surface area contributed by atoms with E-state index in [1.165, 1.54) is 12.3 Å². The first-order valence-electron chi connectivity index (χ1n) is 4.54. The van der Waals surface area contributed by atoms with Crippen molar-refractivity contribution in [3.05, 3.63) is 40.4 Å². The zero-order valence-corrected chi connectivity index (χ0v) is 9.79. The highest BCUT2D eigenvalue weighted by Crippen LogP contribution is 2.26. The van der Waals surface area contributed by atoms with Crippen LogP contribution in [0.25, 0.3) is 0 Å². The summed E-state index contributed by atoms with van der Waals surface area (Å²) in [7, 11) is 0. The molecule has 0 radical (unpaired) electrons. The van der Waals surface area contributed by atoms with Crippen LogP contribution >= 0.6 is 15.9 Å². The second kappa shape index (κ2) is 4.52. The van der Waals surface area contributed by atoms with Gasteiger partial charge in [0.15, 0.2) is 0 Å². The van der Waals surface area contributed by atoms with Gasteiger partial charge in [0.05, 0.1) is 22.4 Å². The lowest BCUT2D eigenvalue weighted by atomic mass is 10.2. The molecule has 0 saturated heterocycles. The van der Waals surface area contributed by atoms with Crippen LogP contribution in [0.1, 0.15) is 5.69 Å². The fraction of sp³-hybridized carbons (Fsp3) is 0.100. The first-order valence-corrected chi connectivity index (χ1v) is 5.34. The number of nitrogens with one attached hydrogen (secondary N) is 1. The molecule has 16 heavy (non-hydrogen) atoms. The summed E-state index contributed by atoms with van der Waals surface area (Å²) in [6, 6.07) is 4.59. The quantitative estimate of drug-likeness (QED) is 0.851. The highest BCUT2D eigenvalue weighted by Gasteiger charge is 2.06. The van der Waals surface area contributed by atoms with E-state index in [4.69, 9.17) is 5.73 Å². The van der Waals surface area contributed by atoms with Gasteiger partial charge in [-0.2, -0.15) is 0 Å². The van der Waals surface area contributed by atoms with Gasteiger partial charge in [-0.05, 0) is 22.0 Å². The average Bonchev–Trinajstić information content (AvgIpc) is 2.74. The minimum Gasteiger partial charge on any atom is -0.397 e. The van der Waals surface area contributed by atoms with E-state index in [9.17, 15) is 4.39 Å². The van der Waals surface area contributed by atoms with Gasteiger partial charge in [-0.25, -0.2) is 4.39 Å². The summed E-state index contributed by atoms with van der Waals surface area (Å²) in [6.45, 7) is 0.471. The standard InChI is InChI=1S/C10H9BrFN3O/c11-7-3-10(9(13)4-8(7)12)14-5-6-1-2-16-15-6/h1-4,14H,5,13H2. The van der Waals surface area contributed by atoms with Crippen LogP contribution in [-0.4, -0.2) is 5.16 Å². The summed E-state index contributed by atoms with van der Waals surface area (Å²) in [6.07, 6.45) is 1.49. The Hall–Kier alpha value is -1.56. The van der Waals surface area contributed by atoms with E-state index in [0.29, 0.717) is 22.4 Å². The second-order valence-corrected chi connectivity index (χ2v) is 4.05. The van der Waals surface area contributed by atoms with Gasteiger partial charge in [0, 0.05) is 12.1 Å². The van der Waals surface area contributed by atoms with Crippen molar-refractivity contribution >= 4 is 27.3 Å². The third-order valence-corrected chi connectivity index (χ3v) is 2.65. The molecule has 6 heteroatoms. The topological polar surface area (TPSA) is 64.1 Å². The molecule has 84 valence electrons. The van der Waals surface area contributed by atoms with Crippen molar-refractivity contribution < 1.29 is 8.91 Å². The second-order valence-electron chi connectivity index (χ2n) is 3.20. The predicted octanol–water partition coefficient (Wildman–Crippen LogP) is 2.77. The van der Waals surface area contributed by atoms with E-state index < -0.39 is 0 Å². The highest BCUT2D eigenvalue weighted by atomic mass is 79.9. The molecule has 1 heterocycles. The largest absolute Gasteiger partial charge is 0.397 e. The number of hydrogen-bond donors (Lipinski definition) is 2. The van der Waals surface area contributed by atoms with Crippen molar-refractivity contribution in [3.8, 4) is 0 Å². The average molecular weight is 286 g/mol. The van der Waals surface area contributed by atoms with Crippen LogP contribution in [0.3, 0.4) is 0 Å². The van der Waals surface area contributed by atoms with Crippen LogP contribution in [0.4, 0.5) is 15.8 Å². The Labute approximate surface area is 99.7 Å². The van der Waals surface area contributed by atoms with E-state index in [0.717, 1.165) is 5.69 Å². The van der Waals surface area contributed by atoms with Crippen LogP contribution < -0.4 is 11.1 Å². The molecule has 2 rings (SSSR count). The Bertz CT molecular complexity index is 487. The number of nitrogen functional groups attached to an aromatic ring is 1. The van der Waals surface area contributed by atoms with E-state index in [1.54, 1.807) is 12.1 Å². The molecule has 2 aromatic rings. The first-order chi connectivity index (χ1) is 7.66. The van der Waals surface area contributed by atoms with E-state index in [1.807, 2.05) is 0 Å². The molecule has 0 aliphatic rings. The van der Waals surface area contributed by atoms with E-state index in [-0.39, 0.29) is 5.82 Å². The lowest BCUT2D eigenvalue weighted by Gasteiger charge is -2.08. The van der Waals surface area contributed by atoms with Crippen LogP contribution in [-0.2, 0) is 6.54 Å². The van der Waals surface area contributed by atoms with Crippen LogP contribution in [0.5, 0.6) is 0 Å². The Balaban J connectivity index is 2.12. The molecule has 1 aromatic heterocycles. The lowest BCUT2D eigenvalue weighted by molar-refractivity contribution is 0.412. The smallest absolute Gasteiger partial charge is 0.139 e. The van der Waals surface area contributed by atoms with Crippen molar-refractivity contribution in [3.63, 3.8) is 0 Å². The number of nitrogens with two attached hydrogens (primary N) is 1. The molecular weight excluding hydrogens is 277 g/mol. The van der Waals surface area contributed by atoms with Crippen molar-refractivity contribution in [2.75, 3.05) is 11.1 Å². The Morgan fingerprint density at radius 2 is 2.31 bits per heavy atom. The van der Waals surface area contributed by atoms with Gasteiger partial charge in [0.25, 0.3) is 0 Å². The van der Waals surface area contributed by atoms with Crippen molar-refractivity contribution in [2.24, 2.45) is 0 Å². The zero-order chi connectivity index (χ0) is 11.5. The van der Waals surface area contributed by atoms with Gasteiger partial charge >= 0.3 is 0 Å². The minimum absolute atomic E-state index is 0.351. The van der Waals surface area contributed by atoms with Gasteiger partial charge in [-0.3, -0.25) is 0 Å². The summed E-state index contributed by atoms with van der Waals surface area (Å²) < 4.78 is 18.1. The van der Waals surface area contributed by atoms with Crippen LogP contribution in [0.2, 0.25) is 0 Å². The maximum atomic E-state index is 13.1. The monoisotopic (exact) mass is 285 g/mol. The molecule has 0 saturated carbocycles. The number of rotatable bonds is 3. The summed E-state index contributed by atoms with van der Waals surface area (Å²) in [5.74, 6) is -0.385. The zero-order valence-electron chi connectivity index (χ0n) is 8.21. The Morgan fingerprint density at radius 3 is 3.00 bits per heavy atom. The lowest BCUT2D eigenvalue weighted by Crippen LogP contribution is -2.03. The van der Waals surface area contributed by atoms with Crippen molar-refractivity contribution in [1.29, 1.82) is 0 Å². The molecule has 0 aliphatic carbocycles. The summed E-state index contributed by atoms with van der Waals surface area (Å²) in [5, 5.41) is 6.78. The number of halogens is 2. The molecule has 0 amide bonds. The van der Waals surface area contributed by atoms with Gasteiger partial charge in [0.1, 0.15) is 17.8 Å². The normalized spacial score (nSPS) is 10.4. The van der Waals surface area contributed by atoms with Crippen molar-refractivity contribution in [2.45, 2.75) is 6.54 Å². The molecule has 0 unspecified atom stereocenters. The van der Waals surface area contributed by atoms with Crippen LogP contribution in [0.15, 0.2) is 33.5 Å². The molecule has 0 atom stereocenters. The fourth-order valence-corrected chi connectivity index (χ4v) is 1.57. The van der Waals surface area contributed by atoms with E-state index >= 15 is 0 Å². The molecule has 0 aliphatic heterocycles. The maximum Gasteiger partial charge on any atom is 0.139 e. The number of anilines is 2. The van der Waals surface area contributed by atoms with Gasteiger partial charge in [0.2, 0.25) is 0 Å². The number of nitrogens with zero attached hydrogens (tertiary/aromatic N) is 1. The molecule has 0 bridgehead atoms. The molecule has 3 N–H and O–H groups in total. The van der Waals surface area contributed by atoms with Crippen LogP contribution in [0, 0.1) is 5.82 Å². The predicted molar refractivity (Wildman–Crippen MR) is 62.3 cm³/mol. The molecule has 0 spiro atoms. The van der Waals surface area contributed by atoms with Crippen molar-refractivity contribution in [1.82, 2.24) is 5.16 Å². The number of benzene rings is 1. The SMILES string of the molecule is Nc1cc(F)c(Br)cc1NCc1ccon1. The third-order valence-electron chi connectivity index (χ3n) is 2.04. The maximum absolute atomic E-state index is 13.1. The summed E-state index contributed by atoms with van der Waals surface area (Å²) in [4.78, 5) is 0. The fourth-order valence-electron chi connectivity index (χ4n) is 1.23. The highest BCUT2D eigenvalue weighted by molar-refractivity contribution is 9.10. The molecular formula is C10H9BrFN3O. The summed E-state index contributed by atoms with van der Waals surface area (Å²) >= 11 is 3.09. The molecule has 1 aromatic carbocycles. The number of hydrogen-bond acceptors (Lipinski definition) is 4. The molecule has 4 nitrogen and oxygen atoms in total. The van der Waals surface area contributed by atoms with Gasteiger partial charge in [-0.1, -0.05) is 5.16 Å². The van der Waals surface area contributed by atoms with E-state index in [2.05, 4.69) is 30.9 Å².